The number of amides is 1. The molecule has 8 heteroatoms. The molecule has 0 spiro atoms. The molecule has 1 aliphatic rings. The van der Waals surface area contributed by atoms with Crippen LogP contribution in [-0.2, 0) is 27.1 Å². The SMILES string of the molecule is CCCN(C(=O)OCOC(=O)C(C)(C)CC(C)C)C1CCc2nc(N)sc2C1. The third-order valence-electron chi connectivity index (χ3n) is 4.91. The molecule has 1 aromatic heterocycles. The summed E-state index contributed by atoms with van der Waals surface area (Å²) in [6.45, 7) is 10.1. The fourth-order valence-electron chi connectivity index (χ4n) is 3.82. The van der Waals surface area contributed by atoms with Crippen molar-refractivity contribution in [1.82, 2.24) is 9.88 Å². The maximum absolute atomic E-state index is 12.6. The molecule has 158 valence electrons. The van der Waals surface area contributed by atoms with Gasteiger partial charge in [-0.05, 0) is 45.4 Å². The van der Waals surface area contributed by atoms with Crippen LogP contribution in [0.2, 0.25) is 0 Å². The van der Waals surface area contributed by atoms with Crippen molar-refractivity contribution in [3.05, 3.63) is 10.6 Å². The first kappa shape index (κ1) is 22.5. The number of nitrogen functional groups attached to an aromatic ring is 1. The minimum atomic E-state index is -0.602. The van der Waals surface area contributed by atoms with Gasteiger partial charge in [0.25, 0.3) is 0 Å². The fourth-order valence-corrected chi connectivity index (χ4v) is 4.77. The number of ether oxygens (including phenoxy) is 2. The number of nitrogens with two attached hydrogens (primary N) is 1. The topological polar surface area (TPSA) is 94.8 Å². The second-order valence-corrected chi connectivity index (χ2v) is 9.57. The van der Waals surface area contributed by atoms with Crippen LogP contribution < -0.4 is 5.73 Å². The van der Waals surface area contributed by atoms with Gasteiger partial charge in [0, 0.05) is 23.9 Å². The lowest BCUT2D eigenvalue weighted by atomic mass is 9.84. The molecule has 1 amide bonds. The predicted molar refractivity (Wildman–Crippen MR) is 110 cm³/mol. The summed E-state index contributed by atoms with van der Waals surface area (Å²) >= 11 is 1.49. The van der Waals surface area contributed by atoms with E-state index in [1.165, 1.54) is 11.3 Å². The van der Waals surface area contributed by atoms with Gasteiger partial charge in [-0.1, -0.05) is 20.8 Å². The quantitative estimate of drug-likeness (QED) is 0.513. The van der Waals surface area contributed by atoms with E-state index in [1.807, 2.05) is 20.8 Å². The Labute approximate surface area is 171 Å². The van der Waals surface area contributed by atoms with Gasteiger partial charge in [-0.15, -0.1) is 11.3 Å². The maximum atomic E-state index is 12.6. The number of carbonyl (C=O) groups is 2. The molecule has 28 heavy (non-hydrogen) atoms. The first-order valence-electron chi connectivity index (χ1n) is 9.98. The van der Waals surface area contributed by atoms with E-state index < -0.39 is 11.5 Å². The number of esters is 1. The lowest BCUT2D eigenvalue weighted by Crippen LogP contribution is -2.44. The summed E-state index contributed by atoms with van der Waals surface area (Å²) in [5, 5.41) is 0.575. The van der Waals surface area contributed by atoms with Crippen molar-refractivity contribution in [3.8, 4) is 0 Å². The lowest BCUT2D eigenvalue weighted by molar-refractivity contribution is -0.164. The average Bonchev–Trinajstić information content (AvgIpc) is 2.97. The van der Waals surface area contributed by atoms with E-state index in [1.54, 1.807) is 4.90 Å². The fraction of sp³-hybridized carbons (Fsp3) is 0.750. The van der Waals surface area contributed by atoms with Crippen molar-refractivity contribution in [2.75, 3.05) is 19.1 Å². The van der Waals surface area contributed by atoms with Crippen LogP contribution in [0.5, 0.6) is 0 Å². The largest absolute Gasteiger partial charge is 0.427 e. The van der Waals surface area contributed by atoms with Crippen LogP contribution in [-0.4, -0.2) is 41.3 Å². The van der Waals surface area contributed by atoms with Crippen LogP contribution in [0.3, 0.4) is 0 Å². The van der Waals surface area contributed by atoms with E-state index in [2.05, 4.69) is 18.8 Å². The third-order valence-corrected chi connectivity index (χ3v) is 5.86. The molecule has 1 atom stereocenters. The highest BCUT2D eigenvalue weighted by molar-refractivity contribution is 7.15. The average molecular weight is 412 g/mol. The molecule has 0 fully saturated rings. The van der Waals surface area contributed by atoms with Gasteiger partial charge in [-0.3, -0.25) is 4.79 Å². The standard InChI is InChI=1S/C20H33N3O4S/c1-6-9-23(14-7-8-15-16(10-14)28-18(21)22-15)19(25)27-12-26-17(24)20(4,5)11-13(2)3/h13-14H,6-12H2,1-5H3,(H2,21,22). The van der Waals surface area contributed by atoms with E-state index in [9.17, 15) is 9.59 Å². The molecular weight excluding hydrogens is 378 g/mol. The Morgan fingerprint density at radius 3 is 2.71 bits per heavy atom. The summed E-state index contributed by atoms with van der Waals surface area (Å²) in [7, 11) is 0. The molecular formula is C20H33N3O4S. The van der Waals surface area contributed by atoms with Gasteiger partial charge >= 0.3 is 12.1 Å². The van der Waals surface area contributed by atoms with E-state index in [0.29, 0.717) is 24.0 Å². The van der Waals surface area contributed by atoms with Crippen LogP contribution in [0, 0.1) is 11.3 Å². The molecule has 2 N–H and O–H groups in total. The van der Waals surface area contributed by atoms with Gasteiger partial charge in [0.1, 0.15) is 0 Å². The van der Waals surface area contributed by atoms with E-state index in [-0.39, 0.29) is 18.8 Å². The number of hydrogen-bond acceptors (Lipinski definition) is 7. The Morgan fingerprint density at radius 1 is 1.36 bits per heavy atom. The molecule has 2 rings (SSSR count). The number of rotatable bonds is 8. The zero-order valence-corrected chi connectivity index (χ0v) is 18.4. The molecule has 1 aromatic rings. The molecule has 0 aromatic carbocycles. The number of anilines is 1. The Balaban J connectivity index is 1.90. The lowest BCUT2D eigenvalue weighted by Gasteiger charge is -2.33. The summed E-state index contributed by atoms with van der Waals surface area (Å²) in [4.78, 5) is 32.1. The first-order chi connectivity index (χ1) is 13.1. The summed E-state index contributed by atoms with van der Waals surface area (Å²) < 4.78 is 10.5. The number of fused-ring (bicyclic) bond motifs is 1. The van der Waals surface area contributed by atoms with Gasteiger partial charge in [0.2, 0.25) is 6.79 Å². The molecule has 0 saturated carbocycles. The first-order valence-corrected chi connectivity index (χ1v) is 10.8. The highest BCUT2D eigenvalue weighted by Gasteiger charge is 2.32. The zero-order valence-electron chi connectivity index (χ0n) is 17.6. The number of aryl methyl sites for hydroxylation is 1. The van der Waals surface area contributed by atoms with E-state index in [0.717, 1.165) is 36.3 Å². The molecule has 1 aliphatic carbocycles. The van der Waals surface area contributed by atoms with Crippen molar-refractivity contribution >= 4 is 28.5 Å². The molecule has 0 saturated heterocycles. The van der Waals surface area contributed by atoms with Crippen LogP contribution in [0.15, 0.2) is 0 Å². The van der Waals surface area contributed by atoms with Crippen LogP contribution in [0.25, 0.3) is 0 Å². The van der Waals surface area contributed by atoms with Gasteiger partial charge < -0.3 is 20.1 Å². The number of hydrogen-bond donors (Lipinski definition) is 1. The van der Waals surface area contributed by atoms with Crippen LogP contribution >= 0.6 is 11.3 Å². The third kappa shape index (κ3) is 5.83. The number of thiazole rings is 1. The monoisotopic (exact) mass is 411 g/mol. The van der Waals surface area contributed by atoms with E-state index in [4.69, 9.17) is 15.2 Å². The van der Waals surface area contributed by atoms with Gasteiger partial charge in [-0.25, -0.2) is 9.78 Å². The van der Waals surface area contributed by atoms with E-state index >= 15 is 0 Å². The van der Waals surface area contributed by atoms with Crippen LogP contribution in [0.4, 0.5) is 9.93 Å². The van der Waals surface area contributed by atoms with Gasteiger partial charge in [0.15, 0.2) is 5.13 Å². The molecule has 1 heterocycles. The van der Waals surface area contributed by atoms with Gasteiger partial charge in [-0.2, -0.15) is 0 Å². The highest BCUT2D eigenvalue weighted by Crippen LogP contribution is 2.31. The number of aromatic nitrogens is 1. The summed E-state index contributed by atoms with van der Waals surface area (Å²) in [5.41, 5.74) is 6.26. The number of nitrogens with zero attached hydrogens (tertiary/aromatic N) is 2. The predicted octanol–water partition coefficient (Wildman–Crippen LogP) is 4.00. The van der Waals surface area contributed by atoms with Crippen molar-refractivity contribution < 1.29 is 19.1 Å². The molecule has 1 unspecified atom stereocenters. The Morgan fingerprint density at radius 2 is 2.07 bits per heavy atom. The second-order valence-electron chi connectivity index (χ2n) is 8.45. The summed E-state index contributed by atoms with van der Waals surface area (Å²) in [6, 6.07) is 0.0490. The van der Waals surface area contributed by atoms with Crippen molar-refractivity contribution in [2.24, 2.45) is 11.3 Å². The zero-order chi connectivity index (χ0) is 20.9. The Bertz CT molecular complexity index is 687. The highest BCUT2D eigenvalue weighted by atomic mass is 32.1. The molecule has 7 nitrogen and oxygen atoms in total. The molecule has 0 aliphatic heterocycles. The van der Waals surface area contributed by atoms with Gasteiger partial charge in [0.05, 0.1) is 11.1 Å². The maximum Gasteiger partial charge on any atom is 0.412 e. The molecule has 0 radical (unpaired) electrons. The van der Waals surface area contributed by atoms with Crippen molar-refractivity contribution in [3.63, 3.8) is 0 Å². The minimum absolute atomic E-state index is 0.0490. The van der Waals surface area contributed by atoms with Crippen molar-refractivity contribution in [2.45, 2.75) is 72.8 Å². The smallest absolute Gasteiger partial charge is 0.412 e. The number of carbonyl (C=O) groups excluding carboxylic acids is 2. The summed E-state index contributed by atoms with van der Waals surface area (Å²) in [6.07, 6.45) is 3.46. The molecule has 0 bridgehead atoms. The minimum Gasteiger partial charge on any atom is -0.427 e. The normalized spacial score (nSPS) is 16.6. The summed E-state index contributed by atoms with van der Waals surface area (Å²) in [5.74, 6) is 0.0283. The Kier molecular flexibility index (Phi) is 7.69. The Hall–Kier alpha value is -1.83. The second kappa shape index (κ2) is 9.58. The van der Waals surface area contributed by atoms with Crippen LogP contribution in [0.1, 0.15) is 64.5 Å². The van der Waals surface area contributed by atoms with Crippen molar-refractivity contribution in [1.29, 1.82) is 0 Å².